The lowest BCUT2D eigenvalue weighted by Crippen LogP contribution is -2.60. The molecule has 8 rings (SSSR count). The van der Waals surface area contributed by atoms with Crippen LogP contribution in [-0.4, -0.2) is 72.2 Å². The summed E-state index contributed by atoms with van der Waals surface area (Å²) in [6, 6.07) is 8.77. The van der Waals surface area contributed by atoms with Gasteiger partial charge in [0, 0.05) is 25.2 Å². The predicted octanol–water partition coefficient (Wildman–Crippen LogP) is 5.80. The van der Waals surface area contributed by atoms with Gasteiger partial charge in [-0.3, -0.25) is 0 Å². The van der Waals surface area contributed by atoms with Gasteiger partial charge in [0.05, 0.1) is 23.6 Å². The highest BCUT2D eigenvalue weighted by Crippen LogP contribution is 2.48. The quantitative estimate of drug-likeness (QED) is 0.254. The fourth-order valence-electron chi connectivity index (χ4n) is 8.05. The topological polar surface area (TPSA) is 91.8 Å². The predicted molar refractivity (Wildman–Crippen MR) is 171 cm³/mol. The van der Waals surface area contributed by atoms with E-state index < -0.39 is 17.8 Å². The summed E-state index contributed by atoms with van der Waals surface area (Å²) in [5.41, 5.74) is 0.706. The molecule has 3 N–H and O–H groups in total. The fraction of sp³-hybridized carbons (Fsp3) is 0.486. The smallest absolute Gasteiger partial charge is 0.319 e. The molecule has 3 fully saturated rings. The lowest BCUT2D eigenvalue weighted by atomic mass is 9.91. The monoisotopic (exact) mass is 633 g/mol. The molecule has 11 heteroatoms. The Bertz CT molecular complexity index is 1820. The Morgan fingerprint density at radius 3 is 2.87 bits per heavy atom. The van der Waals surface area contributed by atoms with Crippen molar-refractivity contribution in [2.45, 2.75) is 69.7 Å². The van der Waals surface area contributed by atoms with Crippen LogP contribution >= 0.6 is 0 Å². The van der Waals surface area contributed by atoms with Gasteiger partial charge in [-0.15, -0.1) is 0 Å². The molecule has 0 aliphatic carbocycles. The molecular formula is C35H38F3N5O3. The number of anilines is 1. The molecule has 2 bridgehead atoms. The highest BCUT2D eigenvalue weighted by atomic mass is 19.1. The van der Waals surface area contributed by atoms with E-state index in [9.17, 15) is 9.50 Å². The van der Waals surface area contributed by atoms with Crippen molar-refractivity contribution in [1.82, 2.24) is 20.6 Å². The van der Waals surface area contributed by atoms with Crippen LogP contribution in [0.2, 0.25) is 0 Å². The number of aryl methyl sites for hydroxylation is 1. The lowest BCUT2D eigenvalue weighted by molar-refractivity contribution is 0.166. The van der Waals surface area contributed by atoms with Gasteiger partial charge in [0.15, 0.2) is 17.4 Å². The molecule has 3 unspecified atom stereocenters. The number of rotatable bonds is 5. The largest absolute Gasteiger partial charge is 0.508 e. The zero-order valence-electron chi connectivity index (χ0n) is 25.8. The molecule has 4 aromatic rings. The van der Waals surface area contributed by atoms with Crippen LogP contribution < -0.4 is 25.0 Å². The molecule has 3 saturated heterocycles. The van der Waals surface area contributed by atoms with E-state index >= 15 is 8.78 Å². The number of nitrogens with zero attached hydrogens (tertiary/aromatic N) is 3. The van der Waals surface area contributed by atoms with Gasteiger partial charge in [-0.05, 0) is 85.0 Å². The van der Waals surface area contributed by atoms with E-state index in [0.717, 1.165) is 37.8 Å². The summed E-state index contributed by atoms with van der Waals surface area (Å²) in [7, 11) is 0. The number of hydrogen-bond acceptors (Lipinski definition) is 8. The number of phenolic OH excluding ortho intramolecular Hbond substituents is 1. The summed E-state index contributed by atoms with van der Waals surface area (Å²) in [5.74, 6) is -1.58. The van der Waals surface area contributed by atoms with Gasteiger partial charge in [-0.2, -0.15) is 9.97 Å². The van der Waals surface area contributed by atoms with Crippen molar-refractivity contribution in [2.24, 2.45) is 5.92 Å². The van der Waals surface area contributed by atoms with E-state index in [1.54, 1.807) is 6.07 Å². The first-order chi connectivity index (χ1) is 22.4. The van der Waals surface area contributed by atoms with E-state index in [1.165, 1.54) is 6.07 Å². The Balaban J connectivity index is 1.32. The highest BCUT2D eigenvalue weighted by molar-refractivity contribution is 6.05. The van der Waals surface area contributed by atoms with Crippen LogP contribution in [0, 0.1) is 17.6 Å². The van der Waals surface area contributed by atoms with Crippen LogP contribution in [0.4, 0.5) is 19.0 Å². The van der Waals surface area contributed by atoms with Crippen molar-refractivity contribution in [3.8, 4) is 28.6 Å². The molecule has 0 amide bonds. The third-order valence-electron chi connectivity index (χ3n) is 10.2. The Morgan fingerprint density at radius 1 is 1.11 bits per heavy atom. The zero-order chi connectivity index (χ0) is 31.5. The van der Waals surface area contributed by atoms with Crippen molar-refractivity contribution in [3.05, 3.63) is 47.5 Å². The van der Waals surface area contributed by atoms with E-state index in [0.29, 0.717) is 42.5 Å². The number of hydrogen-bond donors (Lipinski definition) is 3. The first-order valence-electron chi connectivity index (χ1n) is 16.5. The normalized spacial score (nSPS) is 25.9. The Kier molecular flexibility index (Phi) is 7.56. The van der Waals surface area contributed by atoms with E-state index in [1.807, 2.05) is 25.1 Å². The minimum atomic E-state index is -0.985. The van der Waals surface area contributed by atoms with Crippen molar-refractivity contribution in [1.29, 1.82) is 0 Å². The highest BCUT2D eigenvalue weighted by Gasteiger charge is 2.44. The minimum absolute atomic E-state index is 0.0259. The molecule has 8 nitrogen and oxygen atoms in total. The summed E-state index contributed by atoms with van der Waals surface area (Å²) in [5, 5.41) is 19.0. The summed E-state index contributed by atoms with van der Waals surface area (Å²) in [6.45, 7) is 4.02. The second-order valence-corrected chi connectivity index (χ2v) is 13.2. The Hall–Kier alpha value is -3.83. The molecule has 46 heavy (non-hydrogen) atoms. The zero-order valence-corrected chi connectivity index (χ0v) is 25.8. The number of aromatic hydroxyl groups is 1. The number of aromatic nitrogens is 2. The standard InChI is InChI=1S/C35H38F3N5O3/c1-2-19-6-3-7-20-12-23(44)13-24(27(19)20)28-30(37)32-29-33(31(28)38)45-17-26-25-9-8-22(40-25)15-43(26)34(29)42-35(41-32)46-16-18-5-4-10-39-14-21(36)11-18/h3,6-7,12-13,18,21-22,25-26,39-40,44H,2,4-5,8-11,14-17H2,1H3/t18-,21+,22?,25?,26?/m0/s1. The van der Waals surface area contributed by atoms with E-state index in [4.69, 9.17) is 14.5 Å². The number of piperazine rings is 1. The number of ether oxygens (including phenoxy) is 2. The molecule has 0 spiro atoms. The molecule has 4 aliphatic heterocycles. The maximum atomic E-state index is 17.1. The van der Waals surface area contributed by atoms with Crippen LogP contribution in [0.25, 0.3) is 32.8 Å². The van der Waals surface area contributed by atoms with Crippen LogP contribution in [0.15, 0.2) is 30.3 Å². The molecule has 3 aromatic carbocycles. The van der Waals surface area contributed by atoms with E-state index in [-0.39, 0.29) is 76.8 Å². The van der Waals surface area contributed by atoms with Crippen LogP contribution in [0.1, 0.15) is 44.6 Å². The van der Waals surface area contributed by atoms with Crippen LogP contribution in [-0.2, 0) is 6.42 Å². The van der Waals surface area contributed by atoms with Crippen molar-refractivity contribution < 1.29 is 27.8 Å². The molecular weight excluding hydrogens is 595 g/mol. The number of nitrogens with one attached hydrogen (secondary N) is 2. The summed E-state index contributed by atoms with van der Waals surface area (Å²) >= 11 is 0. The third-order valence-corrected chi connectivity index (χ3v) is 10.2. The molecule has 5 atom stereocenters. The Morgan fingerprint density at radius 2 is 2.00 bits per heavy atom. The minimum Gasteiger partial charge on any atom is -0.508 e. The van der Waals surface area contributed by atoms with Gasteiger partial charge >= 0.3 is 6.01 Å². The van der Waals surface area contributed by atoms with Crippen LogP contribution in [0.3, 0.4) is 0 Å². The number of halogens is 3. The van der Waals surface area contributed by atoms with Gasteiger partial charge in [-0.1, -0.05) is 25.1 Å². The number of phenols is 1. The van der Waals surface area contributed by atoms with Gasteiger partial charge < -0.3 is 30.1 Å². The number of benzene rings is 3. The maximum absolute atomic E-state index is 17.1. The number of alkyl halides is 1. The third kappa shape index (κ3) is 4.99. The average molecular weight is 634 g/mol. The Labute approximate surface area is 265 Å². The number of fused-ring (bicyclic) bond motifs is 6. The molecule has 5 heterocycles. The molecule has 0 saturated carbocycles. The van der Waals surface area contributed by atoms with Crippen molar-refractivity contribution in [3.63, 3.8) is 0 Å². The summed E-state index contributed by atoms with van der Waals surface area (Å²) < 4.78 is 60.9. The van der Waals surface area contributed by atoms with Gasteiger partial charge in [0.2, 0.25) is 0 Å². The lowest BCUT2D eigenvalue weighted by Gasteiger charge is -2.40. The van der Waals surface area contributed by atoms with Crippen molar-refractivity contribution in [2.75, 3.05) is 37.7 Å². The summed E-state index contributed by atoms with van der Waals surface area (Å²) in [6.07, 6.45) is 3.61. The SMILES string of the molecule is CCc1cccc2cc(O)cc(-c3c(F)c4c5c(nc(OC[C@H]6CCCNC[C@H](F)C6)nc5c3F)N3CC5CCC(N5)C3CO4)c12. The first kappa shape index (κ1) is 29.6. The molecule has 242 valence electrons. The van der Waals surface area contributed by atoms with E-state index in [2.05, 4.69) is 20.5 Å². The van der Waals surface area contributed by atoms with Crippen LogP contribution in [0.5, 0.6) is 17.5 Å². The van der Waals surface area contributed by atoms with Gasteiger partial charge in [0.1, 0.15) is 29.9 Å². The van der Waals surface area contributed by atoms with Gasteiger partial charge in [-0.25, -0.2) is 13.2 Å². The molecule has 1 aromatic heterocycles. The average Bonchev–Trinajstić information content (AvgIpc) is 3.34. The first-order valence-corrected chi connectivity index (χ1v) is 16.5. The summed E-state index contributed by atoms with van der Waals surface area (Å²) in [4.78, 5) is 11.5. The molecule has 4 aliphatic rings. The second-order valence-electron chi connectivity index (χ2n) is 13.2. The maximum Gasteiger partial charge on any atom is 0.319 e. The van der Waals surface area contributed by atoms with Crippen molar-refractivity contribution >= 4 is 27.5 Å². The fourth-order valence-corrected chi connectivity index (χ4v) is 8.05. The second kappa shape index (κ2) is 11.8. The molecule has 0 radical (unpaired) electrons. The van der Waals surface area contributed by atoms with Gasteiger partial charge in [0.25, 0.3) is 0 Å².